The van der Waals surface area contributed by atoms with E-state index in [-0.39, 0.29) is 0 Å². The fourth-order valence-electron chi connectivity index (χ4n) is 4.28. The Hall–Kier alpha value is -0.0400. The lowest BCUT2D eigenvalue weighted by molar-refractivity contribution is 0.154. The van der Waals surface area contributed by atoms with Crippen LogP contribution in [0.15, 0.2) is 0 Å². The Morgan fingerprint density at radius 2 is 1.67 bits per heavy atom. The zero-order valence-electron chi connectivity index (χ0n) is 12.8. The maximum Gasteiger partial charge on any atom is 0.00950 e. The maximum absolute atomic E-state index is 3.65. The highest BCUT2D eigenvalue weighted by atomic mass is 14.9. The molecule has 0 bridgehead atoms. The first kappa shape index (κ1) is 14.4. The van der Waals surface area contributed by atoms with E-state index in [1.807, 2.05) is 0 Å². The maximum atomic E-state index is 3.65. The van der Waals surface area contributed by atoms with Crippen LogP contribution in [0.4, 0.5) is 0 Å². The second kappa shape index (κ2) is 6.93. The molecule has 0 amide bonds. The fourth-order valence-corrected chi connectivity index (χ4v) is 4.28. The summed E-state index contributed by atoms with van der Waals surface area (Å²) in [6.45, 7) is 4.90. The number of nitrogens with one attached hydrogen (secondary N) is 1. The van der Waals surface area contributed by atoms with Crippen molar-refractivity contribution < 1.29 is 0 Å². The summed E-state index contributed by atoms with van der Waals surface area (Å²) in [4.78, 5) is 0. The van der Waals surface area contributed by atoms with Gasteiger partial charge in [0.2, 0.25) is 0 Å². The molecule has 2 saturated carbocycles. The van der Waals surface area contributed by atoms with Crippen molar-refractivity contribution in [1.82, 2.24) is 5.32 Å². The van der Waals surface area contributed by atoms with Gasteiger partial charge in [-0.25, -0.2) is 0 Å². The minimum atomic E-state index is 0.794. The highest BCUT2D eigenvalue weighted by Gasteiger charge is 2.30. The van der Waals surface area contributed by atoms with Gasteiger partial charge in [-0.1, -0.05) is 52.4 Å². The van der Waals surface area contributed by atoms with Crippen molar-refractivity contribution in [3.8, 4) is 0 Å². The average Bonchev–Trinajstić information content (AvgIpc) is 2.40. The Morgan fingerprint density at radius 3 is 2.28 bits per heavy atom. The van der Waals surface area contributed by atoms with E-state index >= 15 is 0 Å². The Bertz CT molecular complexity index is 232. The molecule has 0 saturated heterocycles. The van der Waals surface area contributed by atoms with Crippen LogP contribution in [0.25, 0.3) is 0 Å². The summed E-state index contributed by atoms with van der Waals surface area (Å²) in [5.74, 6) is 3.85. The van der Waals surface area contributed by atoms with E-state index in [0.29, 0.717) is 0 Å². The monoisotopic (exact) mass is 251 g/mol. The van der Waals surface area contributed by atoms with Gasteiger partial charge in [0.05, 0.1) is 0 Å². The first-order valence-corrected chi connectivity index (χ1v) is 8.38. The molecule has 4 unspecified atom stereocenters. The van der Waals surface area contributed by atoms with Crippen LogP contribution in [0, 0.1) is 23.7 Å². The summed E-state index contributed by atoms with van der Waals surface area (Å²) < 4.78 is 0. The van der Waals surface area contributed by atoms with Gasteiger partial charge in [0, 0.05) is 6.04 Å². The SMILES string of the molecule is CNC(CC1CCCCC1)C1CCC(C)C(C)C1. The van der Waals surface area contributed by atoms with E-state index < -0.39 is 0 Å². The summed E-state index contributed by atoms with van der Waals surface area (Å²) in [7, 11) is 2.19. The zero-order valence-corrected chi connectivity index (χ0v) is 12.8. The van der Waals surface area contributed by atoms with Crippen LogP contribution >= 0.6 is 0 Å². The van der Waals surface area contributed by atoms with Gasteiger partial charge in [0.25, 0.3) is 0 Å². The normalized spacial score (nSPS) is 36.5. The average molecular weight is 251 g/mol. The van der Waals surface area contributed by atoms with Crippen LogP contribution < -0.4 is 5.32 Å². The summed E-state index contributed by atoms with van der Waals surface area (Å²) >= 11 is 0. The summed E-state index contributed by atoms with van der Waals surface area (Å²) in [6.07, 6.45) is 13.3. The van der Waals surface area contributed by atoms with Crippen LogP contribution in [0.5, 0.6) is 0 Å². The number of hydrogen-bond donors (Lipinski definition) is 1. The molecule has 2 fully saturated rings. The molecule has 0 aromatic carbocycles. The quantitative estimate of drug-likeness (QED) is 0.769. The highest BCUT2D eigenvalue weighted by molar-refractivity contribution is 4.85. The third kappa shape index (κ3) is 3.73. The van der Waals surface area contributed by atoms with Crippen molar-refractivity contribution >= 4 is 0 Å². The summed E-state index contributed by atoms with van der Waals surface area (Å²) in [6, 6.07) is 0.794. The molecule has 18 heavy (non-hydrogen) atoms. The fraction of sp³-hybridized carbons (Fsp3) is 1.00. The van der Waals surface area contributed by atoms with Gasteiger partial charge in [-0.2, -0.15) is 0 Å². The topological polar surface area (TPSA) is 12.0 Å². The van der Waals surface area contributed by atoms with Gasteiger partial charge in [-0.15, -0.1) is 0 Å². The van der Waals surface area contributed by atoms with Gasteiger partial charge in [-0.3, -0.25) is 0 Å². The van der Waals surface area contributed by atoms with Crippen molar-refractivity contribution in [2.75, 3.05) is 7.05 Å². The molecule has 2 rings (SSSR count). The Labute approximate surface area is 114 Å². The Balaban J connectivity index is 1.83. The smallest absolute Gasteiger partial charge is 0.00950 e. The van der Waals surface area contributed by atoms with Crippen LogP contribution in [0.3, 0.4) is 0 Å². The first-order chi connectivity index (χ1) is 8.70. The highest BCUT2D eigenvalue weighted by Crippen LogP contribution is 2.37. The molecule has 0 spiro atoms. The van der Waals surface area contributed by atoms with Crippen LogP contribution in [0.1, 0.15) is 71.6 Å². The molecule has 1 heteroatoms. The molecule has 106 valence electrons. The third-order valence-electron chi connectivity index (χ3n) is 5.89. The lowest BCUT2D eigenvalue weighted by Gasteiger charge is -2.38. The molecule has 0 aromatic rings. The predicted octanol–water partition coefficient (Wildman–Crippen LogP) is 4.62. The summed E-state index contributed by atoms with van der Waals surface area (Å²) in [5, 5.41) is 3.65. The minimum Gasteiger partial charge on any atom is -0.317 e. The molecule has 0 radical (unpaired) electrons. The van der Waals surface area contributed by atoms with Gasteiger partial charge >= 0.3 is 0 Å². The molecule has 0 heterocycles. The van der Waals surface area contributed by atoms with E-state index in [2.05, 4.69) is 26.2 Å². The van der Waals surface area contributed by atoms with Crippen molar-refractivity contribution in [1.29, 1.82) is 0 Å². The second-order valence-electron chi connectivity index (χ2n) is 7.16. The third-order valence-corrected chi connectivity index (χ3v) is 5.89. The molecular formula is C17H33N. The van der Waals surface area contributed by atoms with E-state index in [0.717, 1.165) is 29.7 Å². The minimum absolute atomic E-state index is 0.794. The second-order valence-corrected chi connectivity index (χ2v) is 7.16. The Morgan fingerprint density at radius 1 is 0.944 bits per heavy atom. The van der Waals surface area contributed by atoms with Gasteiger partial charge in [0.1, 0.15) is 0 Å². The van der Waals surface area contributed by atoms with E-state index in [4.69, 9.17) is 0 Å². The Kier molecular flexibility index (Phi) is 5.54. The largest absolute Gasteiger partial charge is 0.317 e. The molecular weight excluding hydrogens is 218 g/mol. The van der Waals surface area contributed by atoms with Gasteiger partial charge < -0.3 is 5.32 Å². The molecule has 2 aliphatic rings. The van der Waals surface area contributed by atoms with Crippen molar-refractivity contribution in [2.24, 2.45) is 23.7 Å². The molecule has 0 aromatic heterocycles. The van der Waals surface area contributed by atoms with Gasteiger partial charge in [-0.05, 0) is 50.0 Å². The van der Waals surface area contributed by atoms with E-state index in [9.17, 15) is 0 Å². The molecule has 1 nitrogen and oxygen atoms in total. The molecule has 2 aliphatic carbocycles. The number of rotatable bonds is 4. The molecule has 1 N–H and O–H groups in total. The van der Waals surface area contributed by atoms with Crippen LogP contribution in [-0.2, 0) is 0 Å². The van der Waals surface area contributed by atoms with Crippen molar-refractivity contribution in [3.63, 3.8) is 0 Å². The van der Waals surface area contributed by atoms with Crippen molar-refractivity contribution in [2.45, 2.75) is 77.7 Å². The first-order valence-electron chi connectivity index (χ1n) is 8.38. The standard InChI is InChI=1S/C17H33N/c1-13-9-10-16(11-14(13)2)17(18-3)12-15-7-5-4-6-8-15/h13-18H,4-12H2,1-3H3. The van der Waals surface area contributed by atoms with E-state index in [1.165, 1.54) is 57.8 Å². The molecule has 0 aliphatic heterocycles. The van der Waals surface area contributed by atoms with E-state index in [1.54, 1.807) is 0 Å². The predicted molar refractivity (Wildman–Crippen MR) is 79.7 cm³/mol. The lowest BCUT2D eigenvalue weighted by Crippen LogP contribution is -2.39. The van der Waals surface area contributed by atoms with Gasteiger partial charge in [0.15, 0.2) is 0 Å². The van der Waals surface area contributed by atoms with Crippen molar-refractivity contribution in [3.05, 3.63) is 0 Å². The summed E-state index contributed by atoms with van der Waals surface area (Å²) in [5.41, 5.74) is 0. The zero-order chi connectivity index (χ0) is 13.0. The molecule has 4 atom stereocenters. The number of hydrogen-bond acceptors (Lipinski definition) is 1. The van der Waals surface area contributed by atoms with Crippen LogP contribution in [0.2, 0.25) is 0 Å². The lowest BCUT2D eigenvalue weighted by atomic mass is 9.71. The van der Waals surface area contributed by atoms with Crippen LogP contribution in [-0.4, -0.2) is 13.1 Å².